The smallest absolute Gasteiger partial charge is 0.139 e. The zero-order chi connectivity index (χ0) is 14.1. The topological polar surface area (TPSA) is 32.6 Å². The fraction of sp³-hybridized carbons (Fsp3) is 0.235. The molecule has 0 atom stereocenters. The number of fused-ring (bicyclic) bond motifs is 1. The average Bonchev–Trinajstić information content (AvgIpc) is 2.99. The molecule has 0 bridgehead atoms. The first-order valence-corrected chi connectivity index (χ1v) is 7.40. The van der Waals surface area contributed by atoms with Crippen LogP contribution in [0.4, 0.5) is 5.69 Å². The van der Waals surface area contributed by atoms with Crippen molar-refractivity contribution in [3.05, 3.63) is 54.9 Å². The number of imidazole rings is 1. The highest BCUT2D eigenvalue weighted by atomic mass is 15.2. The maximum absolute atomic E-state index is 4.57. The van der Waals surface area contributed by atoms with Crippen molar-refractivity contribution in [2.24, 2.45) is 0 Å². The molecular weight excluding hydrogens is 260 g/mol. The van der Waals surface area contributed by atoms with Gasteiger partial charge in [-0.3, -0.25) is 4.40 Å². The minimum Gasteiger partial charge on any atom is -0.369 e. The third-order valence-corrected chi connectivity index (χ3v) is 4.05. The van der Waals surface area contributed by atoms with Crippen LogP contribution in [-0.2, 0) is 0 Å². The lowest BCUT2D eigenvalue weighted by atomic mass is 10.2. The fourth-order valence-corrected chi connectivity index (χ4v) is 2.91. The van der Waals surface area contributed by atoms with Crippen molar-refractivity contribution in [3.8, 4) is 11.3 Å². The van der Waals surface area contributed by atoms with Crippen molar-refractivity contribution in [2.75, 3.05) is 31.1 Å². The van der Waals surface area contributed by atoms with E-state index in [0.717, 1.165) is 37.5 Å². The summed E-state index contributed by atoms with van der Waals surface area (Å²) < 4.78 is 2.15. The van der Waals surface area contributed by atoms with Crippen LogP contribution < -0.4 is 10.2 Å². The van der Waals surface area contributed by atoms with E-state index in [9.17, 15) is 0 Å². The molecule has 1 aromatic carbocycles. The van der Waals surface area contributed by atoms with Gasteiger partial charge >= 0.3 is 0 Å². The van der Waals surface area contributed by atoms with Gasteiger partial charge < -0.3 is 10.2 Å². The highest BCUT2D eigenvalue weighted by Gasteiger charge is 2.12. The quantitative estimate of drug-likeness (QED) is 0.781. The lowest BCUT2D eigenvalue weighted by Crippen LogP contribution is -2.43. The van der Waals surface area contributed by atoms with Crippen molar-refractivity contribution in [3.63, 3.8) is 0 Å². The van der Waals surface area contributed by atoms with Gasteiger partial charge in [0.2, 0.25) is 0 Å². The van der Waals surface area contributed by atoms with Gasteiger partial charge in [-0.2, -0.15) is 0 Å². The van der Waals surface area contributed by atoms with Gasteiger partial charge in [0.15, 0.2) is 0 Å². The van der Waals surface area contributed by atoms with Gasteiger partial charge in [-0.1, -0.05) is 30.3 Å². The Hall–Kier alpha value is -2.33. The Morgan fingerprint density at radius 3 is 2.62 bits per heavy atom. The second-order valence-corrected chi connectivity index (χ2v) is 5.36. The van der Waals surface area contributed by atoms with Crippen LogP contribution in [0.3, 0.4) is 0 Å². The molecule has 4 heteroatoms. The standard InChI is InChI=1S/C17H18N4/c1-2-4-14(5-3-1)16-13-19-17-12-15(6-9-21(16)17)20-10-7-18-8-11-20/h1-6,9,12-13,18H,7-8,10-11H2. The van der Waals surface area contributed by atoms with Gasteiger partial charge in [0.1, 0.15) is 5.65 Å². The summed E-state index contributed by atoms with van der Waals surface area (Å²) in [6.45, 7) is 4.22. The van der Waals surface area contributed by atoms with E-state index < -0.39 is 0 Å². The first kappa shape index (κ1) is 12.4. The molecule has 1 aliphatic rings. The first-order chi connectivity index (χ1) is 10.4. The van der Waals surface area contributed by atoms with E-state index in [2.05, 4.69) is 62.2 Å². The van der Waals surface area contributed by atoms with Gasteiger partial charge in [-0.05, 0) is 6.07 Å². The van der Waals surface area contributed by atoms with E-state index in [4.69, 9.17) is 0 Å². The van der Waals surface area contributed by atoms with Crippen LogP contribution in [0.25, 0.3) is 16.9 Å². The van der Waals surface area contributed by atoms with Crippen molar-refractivity contribution in [1.82, 2.24) is 14.7 Å². The van der Waals surface area contributed by atoms with Gasteiger partial charge in [0.05, 0.1) is 11.9 Å². The number of aromatic nitrogens is 2. The number of pyridine rings is 1. The molecule has 1 N–H and O–H groups in total. The monoisotopic (exact) mass is 278 g/mol. The highest BCUT2D eigenvalue weighted by molar-refractivity contribution is 5.66. The predicted octanol–water partition coefficient (Wildman–Crippen LogP) is 2.41. The summed E-state index contributed by atoms with van der Waals surface area (Å²) in [7, 11) is 0. The van der Waals surface area contributed by atoms with E-state index in [0.29, 0.717) is 0 Å². The van der Waals surface area contributed by atoms with Crippen molar-refractivity contribution in [2.45, 2.75) is 0 Å². The largest absolute Gasteiger partial charge is 0.369 e. The molecule has 0 amide bonds. The molecule has 0 unspecified atom stereocenters. The minimum absolute atomic E-state index is 1.00. The number of benzene rings is 1. The van der Waals surface area contributed by atoms with Crippen LogP contribution in [0.15, 0.2) is 54.9 Å². The van der Waals surface area contributed by atoms with Gasteiger partial charge in [0, 0.05) is 49.7 Å². The molecule has 106 valence electrons. The molecule has 1 aliphatic heterocycles. The number of nitrogens with one attached hydrogen (secondary N) is 1. The molecule has 0 aliphatic carbocycles. The van der Waals surface area contributed by atoms with E-state index in [1.807, 2.05) is 12.3 Å². The number of hydrogen-bond acceptors (Lipinski definition) is 3. The number of nitrogens with zero attached hydrogens (tertiary/aromatic N) is 3. The molecule has 1 fully saturated rings. The SMILES string of the molecule is c1ccc(-c2cnc3cc(N4CCNCC4)ccn23)cc1. The molecule has 0 radical (unpaired) electrons. The molecule has 1 saturated heterocycles. The summed E-state index contributed by atoms with van der Waals surface area (Å²) in [5, 5.41) is 3.38. The molecular formula is C17H18N4. The normalized spacial score (nSPS) is 15.5. The Morgan fingerprint density at radius 1 is 1.00 bits per heavy atom. The summed E-state index contributed by atoms with van der Waals surface area (Å²) >= 11 is 0. The Morgan fingerprint density at radius 2 is 1.81 bits per heavy atom. The van der Waals surface area contributed by atoms with Gasteiger partial charge in [-0.15, -0.1) is 0 Å². The molecule has 21 heavy (non-hydrogen) atoms. The van der Waals surface area contributed by atoms with Crippen molar-refractivity contribution >= 4 is 11.3 Å². The predicted molar refractivity (Wildman–Crippen MR) is 85.7 cm³/mol. The van der Waals surface area contributed by atoms with Crippen LogP contribution in [0.1, 0.15) is 0 Å². The Bertz CT molecular complexity index is 742. The van der Waals surface area contributed by atoms with Gasteiger partial charge in [-0.25, -0.2) is 4.98 Å². The van der Waals surface area contributed by atoms with Crippen molar-refractivity contribution in [1.29, 1.82) is 0 Å². The molecule has 2 aromatic heterocycles. The zero-order valence-corrected chi connectivity index (χ0v) is 11.9. The van der Waals surface area contributed by atoms with E-state index in [-0.39, 0.29) is 0 Å². The summed E-state index contributed by atoms with van der Waals surface area (Å²) in [5.74, 6) is 0. The Labute approximate surface area is 124 Å². The Balaban J connectivity index is 1.74. The maximum atomic E-state index is 4.57. The summed E-state index contributed by atoms with van der Waals surface area (Å²) in [6.07, 6.45) is 4.08. The summed E-state index contributed by atoms with van der Waals surface area (Å²) in [5.41, 5.74) is 4.59. The molecule has 4 rings (SSSR count). The first-order valence-electron chi connectivity index (χ1n) is 7.40. The Kier molecular flexibility index (Phi) is 3.09. The second-order valence-electron chi connectivity index (χ2n) is 5.36. The van der Waals surface area contributed by atoms with Crippen LogP contribution in [-0.4, -0.2) is 35.6 Å². The van der Waals surface area contributed by atoms with E-state index in [1.54, 1.807) is 0 Å². The van der Waals surface area contributed by atoms with Crippen molar-refractivity contribution < 1.29 is 0 Å². The third kappa shape index (κ3) is 2.28. The van der Waals surface area contributed by atoms with E-state index in [1.165, 1.54) is 11.3 Å². The maximum Gasteiger partial charge on any atom is 0.139 e. The average molecular weight is 278 g/mol. The third-order valence-electron chi connectivity index (χ3n) is 4.05. The van der Waals surface area contributed by atoms with E-state index >= 15 is 0 Å². The molecule has 0 saturated carbocycles. The number of rotatable bonds is 2. The number of hydrogen-bond donors (Lipinski definition) is 1. The molecule has 0 spiro atoms. The highest BCUT2D eigenvalue weighted by Crippen LogP contribution is 2.23. The summed E-state index contributed by atoms with van der Waals surface area (Å²) in [6, 6.07) is 14.8. The molecule has 3 heterocycles. The van der Waals surface area contributed by atoms with Crippen LogP contribution in [0.5, 0.6) is 0 Å². The number of anilines is 1. The summed E-state index contributed by atoms with van der Waals surface area (Å²) in [4.78, 5) is 6.98. The van der Waals surface area contributed by atoms with Gasteiger partial charge in [0.25, 0.3) is 0 Å². The second kappa shape index (κ2) is 5.22. The number of piperazine rings is 1. The molecule has 4 nitrogen and oxygen atoms in total. The minimum atomic E-state index is 1.00. The molecule has 3 aromatic rings. The fourth-order valence-electron chi connectivity index (χ4n) is 2.91. The van der Waals surface area contributed by atoms with Crippen LogP contribution >= 0.6 is 0 Å². The zero-order valence-electron chi connectivity index (χ0n) is 11.9. The van der Waals surface area contributed by atoms with Crippen LogP contribution in [0, 0.1) is 0 Å². The lowest BCUT2D eigenvalue weighted by molar-refractivity contribution is 0.589. The van der Waals surface area contributed by atoms with Crippen LogP contribution in [0.2, 0.25) is 0 Å². The lowest BCUT2D eigenvalue weighted by Gasteiger charge is -2.29.